The van der Waals surface area contributed by atoms with Gasteiger partial charge in [-0.3, -0.25) is 0 Å². The zero-order chi connectivity index (χ0) is 52.9. The van der Waals surface area contributed by atoms with E-state index in [-0.39, 0.29) is 0 Å². The fraction of sp³-hybridized carbons (Fsp3) is 0.0256. The van der Waals surface area contributed by atoms with Gasteiger partial charge in [0, 0.05) is 34.1 Å². The molecule has 0 fully saturated rings. The smallest absolute Gasteiger partial charge is 0.0468 e. The Bertz CT molecular complexity index is 4610. The van der Waals surface area contributed by atoms with E-state index in [0.29, 0.717) is 0 Å². The monoisotopic (exact) mass is 1020 g/mol. The third kappa shape index (κ3) is 8.55. The molecule has 0 aliphatic heterocycles. The third-order valence-corrected chi connectivity index (χ3v) is 16.4. The number of allylic oxidation sites excluding steroid dienone is 1. The molecule has 0 spiro atoms. The average Bonchev–Trinajstić information content (AvgIpc) is 3.71. The largest absolute Gasteiger partial charge is 0.310 e. The molecule has 0 heterocycles. The van der Waals surface area contributed by atoms with Gasteiger partial charge in [-0.05, 0) is 195 Å². The van der Waals surface area contributed by atoms with E-state index in [9.17, 15) is 0 Å². The summed E-state index contributed by atoms with van der Waals surface area (Å²) in [6, 6.07) is 108. The Morgan fingerprint density at radius 2 is 0.575 bits per heavy atom. The molecule has 14 aromatic rings. The Labute approximate surface area is 467 Å². The summed E-state index contributed by atoms with van der Waals surface area (Å²) >= 11 is 0. The molecule has 14 aromatic carbocycles. The Morgan fingerprint density at radius 3 is 1.01 bits per heavy atom. The van der Waals surface area contributed by atoms with Crippen molar-refractivity contribution in [1.82, 2.24) is 0 Å². The van der Waals surface area contributed by atoms with Crippen molar-refractivity contribution in [2.24, 2.45) is 0 Å². The highest BCUT2D eigenvalue weighted by atomic mass is 15.1. The molecule has 0 unspecified atom stereocenters. The van der Waals surface area contributed by atoms with Crippen LogP contribution in [0, 0.1) is 0 Å². The number of hydrogen-bond acceptors (Lipinski definition) is 2. The quantitative estimate of drug-likeness (QED) is 0.126. The average molecular weight is 1020 g/mol. The molecule has 0 N–H and O–H groups in total. The first kappa shape index (κ1) is 47.0. The van der Waals surface area contributed by atoms with E-state index in [0.717, 1.165) is 58.1 Å². The van der Waals surface area contributed by atoms with Crippen molar-refractivity contribution in [3.8, 4) is 44.5 Å². The van der Waals surface area contributed by atoms with E-state index in [1.165, 1.54) is 98.4 Å². The van der Waals surface area contributed by atoms with Gasteiger partial charge in [-0.1, -0.05) is 231 Å². The van der Waals surface area contributed by atoms with Gasteiger partial charge in [0.05, 0.1) is 0 Å². The molecule has 0 aromatic heterocycles. The molecule has 0 bridgehead atoms. The molecule has 2 nitrogen and oxygen atoms in total. The minimum absolute atomic E-state index is 1.02. The van der Waals surface area contributed by atoms with Crippen molar-refractivity contribution in [3.63, 3.8) is 0 Å². The van der Waals surface area contributed by atoms with Gasteiger partial charge in [0.25, 0.3) is 0 Å². The summed E-state index contributed by atoms with van der Waals surface area (Å²) < 4.78 is 0. The highest BCUT2D eigenvalue weighted by Gasteiger charge is 2.24. The molecule has 1 aliphatic carbocycles. The fourth-order valence-corrected chi connectivity index (χ4v) is 12.4. The predicted molar refractivity (Wildman–Crippen MR) is 342 cm³/mol. The lowest BCUT2D eigenvalue weighted by Crippen LogP contribution is -2.11. The van der Waals surface area contributed by atoms with Crippen molar-refractivity contribution in [1.29, 1.82) is 0 Å². The number of fused-ring (bicyclic) bond motifs is 6. The summed E-state index contributed by atoms with van der Waals surface area (Å²) in [4.78, 5) is 4.91. The Morgan fingerprint density at radius 1 is 0.237 bits per heavy atom. The van der Waals surface area contributed by atoms with Crippen LogP contribution in [0.25, 0.3) is 104 Å². The Kier molecular flexibility index (Phi) is 11.7. The zero-order valence-corrected chi connectivity index (χ0v) is 44.2. The maximum Gasteiger partial charge on any atom is 0.0468 e. The van der Waals surface area contributed by atoms with Gasteiger partial charge in [-0.25, -0.2) is 0 Å². The minimum Gasteiger partial charge on any atom is -0.310 e. The highest BCUT2D eigenvalue weighted by molar-refractivity contribution is 6.23. The second kappa shape index (κ2) is 19.9. The standard InChI is InChI=1S/C78H54N2/c1-3-15-53(16-4-1)59-27-31-61(32-28-59)77-73-45-43-72(80(69-41-37-57-21-9-13-25-65(57)49-69)70-42-38-58-22-10-14-26-66(58)50-70)52-76(73)78(62-33-29-60(30-34-62)54-17-5-2-6-18-54)74-46-44-71(51-75(74)77)79(67-39-35-55-19-7-11-23-63(55)47-67)68-40-36-56-20-8-12-24-64(56)48-68/h1-13,15-25,27-52H,14,26H2. The molecule has 0 radical (unpaired) electrons. The lowest BCUT2D eigenvalue weighted by atomic mass is 9.84. The van der Waals surface area contributed by atoms with Gasteiger partial charge >= 0.3 is 0 Å². The molecule has 0 atom stereocenters. The molecule has 2 heteroatoms. The normalized spacial score (nSPS) is 12.1. The first-order valence-corrected chi connectivity index (χ1v) is 27.8. The van der Waals surface area contributed by atoms with Crippen LogP contribution in [0.2, 0.25) is 0 Å². The summed E-state index contributed by atoms with van der Waals surface area (Å²) in [5.74, 6) is 0. The number of rotatable bonds is 10. The number of anilines is 6. The Balaban J connectivity index is 1.02. The van der Waals surface area contributed by atoms with Crippen molar-refractivity contribution < 1.29 is 0 Å². The summed E-state index contributed by atoms with van der Waals surface area (Å²) in [5, 5.41) is 12.0. The lowest BCUT2D eigenvalue weighted by Gasteiger charge is -2.29. The highest BCUT2D eigenvalue weighted by Crippen LogP contribution is 2.50. The number of benzene rings is 14. The molecule has 0 amide bonds. The molecule has 376 valence electrons. The van der Waals surface area contributed by atoms with Crippen LogP contribution in [0.1, 0.15) is 17.5 Å². The van der Waals surface area contributed by atoms with Gasteiger partial charge in [-0.15, -0.1) is 0 Å². The number of nitrogens with zero attached hydrogens (tertiary/aromatic N) is 2. The van der Waals surface area contributed by atoms with E-state index < -0.39 is 0 Å². The molecular weight excluding hydrogens is 965 g/mol. The molecule has 0 saturated carbocycles. The van der Waals surface area contributed by atoms with Crippen LogP contribution in [0.3, 0.4) is 0 Å². The summed E-state index contributed by atoms with van der Waals surface area (Å²) in [6.07, 6.45) is 6.64. The van der Waals surface area contributed by atoms with Crippen molar-refractivity contribution in [3.05, 3.63) is 308 Å². The van der Waals surface area contributed by atoms with E-state index in [1.54, 1.807) is 0 Å². The van der Waals surface area contributed by atoms with Gasteiger partial charge in [-0.2, -0.15) is 0 Å². The first-order valence-electron chi connectivity index (χ1n) is 27.8. The van der Waals surface area contributed by atoms with Crippen LogP contribution >= 0.6 is 0 Å². The van der Waals surface area contributed by atoms with Gasteiger partial charge in [0.2, 0.25) is 0 Å². The van der Waals surface area contributed by atoms with Gasteiger partial charge in [0.15, 0.2) is 0 Å². The molecule has 0 saturated heterocycles. The second-order valence-electron chi connectivity index (χ2n) is 21.2. The SMILES string of the molecule is C1=Cc2ccc(N(c3ccc4ccccc4c3)c3ccc4c(-c5ccc(-c6ccccc6)cc5)c5cc(N(c6ccc7ccccc7c6)c6ccc7ccccc7c6)ccc5c(-c5ccc(-c6ccccc6)cc5)c4c3)cc2CC1. The van der Waals surface area contributed by atoms with Crippen LogP contribution < -0.4 is 9.80 Å². The third-order valence-electron chi connectivity index (χ3n) is 16.4. The summed E-state index contributed by atoms with van der Waals surface area (Å²) in [7, 11) is 0. The maximum absolute atomic E-state index is 2.47. The lowest BCUT2D eigenvalue weighted by molar-refractivity contribution is 0.984. The minimum atomic E-state index is 1.02. The first-order chi connectivity index (χ1) is 39.6. The molecule has 80 heavy (non-hydrogen) atoms. The fourth-order valence-electron chi connectivity index (χ4n) is 12.4. The number of hydrogen-bond donors (Lipinski definition) is 0. The van der Waals surface area contributed by atoms with E-state index in [4.69, 9.17) is 0 Å². The molecular formula is C78H54N2. The van der Waals surface area contributed by atoms with Crippen LogP contribution in [0.5, 0.6) is 0 Å². The topological polar surface area (TPSA) is 6.48 Å². The summed E-state index contributed by atoms with van der Waals surface area (Å²) in [6.45, 7) is 0. The maximum atomic E-state index is 2.47. The number of aryl methyl sites for hydroxylation is 1. The van der Waals surface area contributed by atoms with Crippen molar-refractivity contribution >= 4 is 94.1 Å². The van der Waals surface area contributed by atoms with Gasteiger partial charge < -0.3 is 9.80 Å². The molecule has 1 aliphatic rings. The Hall–Kier alpha value is -10.3. The summed E-state index contributed by atoms with van der Waals surface area (Å²) in [5.41, 5.74) is 18.8. The van der Waals surface area contributed by atoms with E-state index in [2.05, 4.69) is 313 Å². The second-order valence-corrected chi connectivity index (χ2v) is 21.2. The van der Waals surface area contributed by atoms with Crippen LogP contribution in [-0.2, 0) is 6.42 Å². The molecule has 15 rings (SSSR count). The van der Waals surface area contributed by atoms with Crippen LogP contribution in [0.4, 0.5) is 34.1 Å². The zero-order valence-electron chi connectivity index (χ0n) is 44.2. The predicted octanol–water partition coefficient (Wildman–Crippen LogP) is 22.0. The van der Waals surface area contributed by atoms with E-state index >= 15 is 0 Å². The van der Waals surface area contributed by atoms with Crippen LogP contribution in [-0.4, -0.2) is 0 Å². The van der Waals surface area contributed by atoms with Crippen molar-refractivity contribution in [2.45, 2.75) is 12.8 Å². The van der Waals surface area contributed by atoms with Crippen molar-refractivity contribution in [2.75, 3.05) is 9.80 Å². The van der Waals surface area contributed by atoms with E-state index in [1.807, 2.05) is 0 Å². The van der Waals surface area contributed by atoms with Crippen LogP contribution in [0.15, 0.2) is 297 Å². The van der Waals surface area contributed by atoms with Gasteiger partial charge in [0.1, 0.15) is 0 Å².